The molecule has 0 aliphatic heterocycles. The van der Waals surface area contributed by atoms with Gasteiger partial charge in [0.15, 0.2) is 6.10 Å². The van der Waals surface area contributed by atoms with Gasteiger partial charge in [0.25, 0.3) is 0 Å². The first-order valence-corrected chi connectivity index (χ1v) is 25.2. The molecule has 0 aliphatic rings. The second-order valence-corrected chi connectivity index (χ2v) is 18.2. The molecule has 0 saturated heterocycles. The zero-order valence-electron chi connectivity index (χ0n) is 38.9. The summed E-state index contributed by atoms with van der Waals surface area (Å²) >= 11 is 0. The van der Waals surface area contributed by atoms with Crippen LogP contribution in [0.15, 0.2) is 72.9 Å². The van der Waals surface area contributed by atoms with E-state index in [-0.39, 0.29) is 32.0 Å². The fraction of sp³-hybridized carbons (Fsp3) is 0.720. The van der Waals surface area contributed by atoms with E-state index < -0.39 is 26.5 Å². The van der Waals surface area contributed by atoms with Crippen molar-refractivity contribution in [2.24, 2.45) is 0 Å². The van der Waals surface area contributed by atoms with E-state index in [2.05, 4.69) is 86.8 Å². The molecule has 60 heavy (non-hydrogen) atoms. The smallest absolute Gasteiger partial charge is 0.462 e. The second-order valence-electron chi connectivity index (χ2n) is 16.8. The number of esters is 2. The summed E-state index contributed by atoms with van der Waals surface area (Å²) in [6, 6.07) is 0. The highest BCUT2D eigenvalue weighted by Gasteiger charge is 2.27. The van der Waals surface area contributed by atoms with Crippen LogP contribution < -0.4 is 0 Å². The lowest BCUT2D eigenvalue weighted by molar-refractivity contribution is -0.870. The van der Waals surface area contributed by atoms with Gasteiger partial charge in [-0.3, -0.25) is 18.6 Å². The lowest BCUT2D eigenvalue weighted by Crippen LogP contribution is -2.37. The third kappa shape index (κ3) is 45.0. The third-order valence-corrected chi connectivity index (χ3v) is 10.7. The zero-order chi connectivity index (χ0) is 44.3. The number of unbranched alkanes of at least 4 members (excludes halogenated alkanes) is 16. The van der Waals surface area contributed by atoms with E-state index in [0.29, 0.717) is 17.4 Å². The molecule has 0 radical (unpaired) electrons. The van der Waals surface area contributed by atoms with Gasteiger partial charge in [0.05, 0.1) is 27.7 Å². The third-order valence-electron chi connectivity index (χ3n) is 9.72. The summed E-state index contributed by atoms with van der Waals surface area (Å²) in [4.78, 5) is 35.4. The number of rotatable bonds is 42. The van der Waals surface area contributed by atoms with Gasteiger partial charge in [-0.2, -0.15) is 0 Å². The molecule has 0 aromatic heterocycles. The fourth-order valence-corrected chi connectivity index (χ4v) is 6.78. The SMILES string of the molecule is CC/C=C\C/C=C\C/C=C\C/C=C\CCCCC(=O)OC(COC(=O)CCCCCCCCCCC/C=C\C/C=C\CCCCCCC)COP(=O)(O)OCC[N+](C)(C)C. The summed E-state index contributed by atoms with van der Waals surface area (Å²) in [6.07, 6.45) is 52.4. The molecular weight excluding hydrogens is 774 g/mol. The van der Waals surface area contributed by atoms with E-state index in [1.807, 2.05) is 21.1 Å². The molecule has 1 N–H and O–H groups in total. The van der Waals surface area contributed by atoms with Crippen molar-refractivity contribution in [3.8, 4) is 0 Å². The number of carbonyl (C=O) groups excluding carboxylic acids is 2. The first-order valence-electron chi connectivity index (χ1n) is 23.7. The maximum Gasteiger partial charge on any atom is 0.472 e. The molecular formula is C50H89NO8P+. The Morgan fingerprint density at radius 1 is 0.533 bits per heavy atom. The average molecular weight is 863 g/mol. The molecule has 0 amide bonds. The van der Waals surface area contributed by atoms with Gasteiger partial charge in [-0.15, -0.1) is 0 Å². The van der Waals surface area contributed by atoms with E-state index in [1.165, 1.54) is 77.0 Å². The summed E-state index contributed by atoms with van der Waals surface area (Å²) in [6.45, 7) is 4.24. The quantitative estimate of drug-likeness (QED) is 0.0212. The minimum absolute atomic E-state index is 0.0195. The summed E-state index contributed by atoms with van der Waals surface area (Å²) in [7, 11) is 1.44. The van der Waals surface area contributed by atoms with E-state index >= 15 is 0 Å². The van der Waals surface area contributed by atoms with Crippen LogP contribution in [-0.4, -0.2) is 74.9 Å². The lowest BCUT2D eigenvalue weighted by Gasteiger charge is -2.24. The molecule has 2 atom stereocenters. The van der Waals surface area contributed by atoms with Gasteiger partial charge in [0.2, 0.25) is 0 Å². The normalized spacial score (nSPS) is 14.2. The van der Waals surface area contributed by atoms with Crippen molar-refractivity contribution >= 4 is 19.8 Å². The Morgan fingerprint density at radius 3 is 1.45 bits per heavy atom. The average Bonchev–Trinajstić information content (AvgIpc) is 3.20. The molecule has 9 nitrogen and oxygen atoms in total. The summed E-state index contributed by atoms with van der Waals surface area (Å²) < 4.78 is 34.3. The summed E-state index contributed by atoms with van der Waals surface area (Å²) in [5.41, 5.74) is 0. The number of nitrogens with zero attached hydrogens (tertiary/aromatic N) is 1. The van der Waals surface area contributed by atoms with Gasteiger partial charge < -0.3 is 18.9 Å². The minimum Gasteiger partial charge on any atom is -0.462 e. The molecule has 0 rings (SSSR count). The Morgan fingerprint density at radius 2 is 0.950 bits per heavy atom. The number of phosphoric ester groups is 1. The van der Waals surface area contributed by atoms with Gasteiger partial charge in [-0.1, -0.05) is 157 Å². The van der Waals surface area contributed by atoms with Crippen molar-refractivity contribution < 1.29 is 42.1 Å². The van der Waals surface area contributed by atoms with Crippen molar-refractivity contribution in [1.29, 1.82) is 0 Å². The number of likely N-dealkylation sites (N-methyl/N-ethyl adjacent to an activating group) is 1. The van der Waals surface area contributed by atoms with Crippen LogP contribution in [0.3, 0.4) is 0 Å². The van der Waals surface area contributed by atoms with Crippen LogP contribution in [0, 0.1) is 0 Å². The summed E-state index contributed by atoms with van der Waals surface area (Å²) in [5, 5.41) is 0. The molecule has 0 bridgehead atoms. The number of hydrogen-bond acceptors (Lipinski definition) is 7. The van der Waals surface area contributed by atoms with Gasteiger partial charge in [0.1, 0.15) is 19.8 Å². The predicted molar refractivity (Wildman–Crippen MR) is 252 cm³/mol. The molecule has 10 heteroatoms. The maximum atomic E-state index is 12.7. The number of quaternary nitrogens is 1. The van der Waals surface area contributed by atoms with Crippen molar-refractivity contribution in [3.63, 3.8) is 0 Å². The van der Waals surface area contributed by atoms with Crippen molar-refractivity contribution in [3.05, 3.63) is 72.9 Å². The monoisotopic (exact) mass is 863 g/mol. The zero-order valence-corrected chi connectivity index (χ0v) is 39.8. The first-order chi connectivity index (χ1) is 29.0. The summed E-state index contributed by atoms with van der Waals surface area (Å²) in [5.74, 6) is -0.856. The van der Waals surface area contributed by atoms with Crippen LogP contribution in [0.4, 0.5) is 0 Å². The fourth-order valence-electron chi connectivity index (χ4n) is 6.03. The first kappa shape index (κ1) is 57.4. The van der Waals surface area contributed by atoms with Crippen LogP contribution in [-0.2, 0) is 32.7 Å². The van der Waals surface area contributed by atoms with Gasteiger partial charge in [-0.25, -0.2) is 4.57 Å². The van der Waals surface area contributed by atoms with Crippen LogP contribution in [0.2, 0.25) is 0 Å². The highest BCUT2D eigenvalue weighted by atomic mass is 31.2. The van der Waals surface area contributed by atoms with E-state index in [9.17, 15) is 19.0 Å². The van der Waals surface area contributed by atoms with Crippen molar-refractivity contribution in [2.45, 2.75) is 187 Å². The number of phosphoric acid groups is 1. The van der Waals surface area contributed by atoms with Gasteiger partial charge in [0, 0.05) is 12.8 Å². The highest BCUT2D eigenvalue weighted by molar-refractivity contribution is 7.47. The molecule has 0 spiro atoms. The maximum absolute atomic E-state index is 12.7. The number of hydrogen-bond donors (Lipinski definition) is 1. The Labute approximate surface area is 368 Å². The largest absolute Gasteiger partial charge is 0.472 e. The Kier molecular flexibility index (Phi) is 40.0. The van der Waals surface area contributed by atoms with Crippen LogP contribution in [0.25, 0.3) is 0 Å². The predicted octanol–water partition coefficient (Wildman–Crippen LogP) is 13.8. The van der Waals surface area contributed by atoms with Crippen molar-refractivity contribution in [1.82, 2.24) is 0 Å². The molecule has 0 aromatic carbocycles. The molecule has 0 saturated carbocycles. The lowest BCUT2D eigenvalue weighted by atomic mass is 10.1. The molecule has 0 aliphatic carbocycles. The molecule has 0 fully saturated rings. The minimum atomic E-state index is -4.39. The molecule has 2 unspecified atom stereocenters. The van der Waals surface area contributed by atoms with E-state index in [4.69, 9.17) is 18.5 Å². The number of allylic oxidation sites excluding steroid dienone is 12. The van der Waals surface area contributed by atoms with Crippen LogP contribution in [0.1, 0.15) is 181 Å². The number of ether oxygens (including phenoxy) is 2. The van der Waals surface area contributed by atoms with E-state index in [0.717, 1.165) is 70.6 Å². The standard InChI is InChI=1S/C50H88NO8P/c1-6-8-10-12-14-16-18-20-22-23-24-25-26-27-29-30-32-34-36-38-40-42-49(52)56-46-48(47-58-60(54,55)57-45-44-51(3,4)5)59-50(53)43-41-39-37-35-33-31-28-21-19-17-15-13-11-9-7-2/h9,11,15,17-18,20-21,23-24,28,33,35,48H,6-8,10,12-14,16,19,22,25-27,29-32,34,36-47H2,1-5H3/p+1/b11-9-,17-15-,20-18-,24-23-,28-21-,35-33-. The Bertz CT molecular complexity index is 1250. The van der Waals surface area contributed by atoms with Crippen LogP contribution in [0.5, 0.6) is 0 Å². The number of carbonyl (C=O) groups is 2. The topological polar surface area (TPSA) is 108 Å². The van der Waals surface area contributed by atoms with Crippen LogP contribution >= 0.6 is 7.82 Å². The Balaban J connectivity index is 4.35. The molecule has 0 heterocycles. The highest BCUT2D eigenvalue weighted by Crippen LogP contribution is 2.43. The van der Waals surface area contributed by atoms with Gasteiger partial charge in [-0.05, 0) is 83.5 Å². The van der Waals surface area contributed by atoms with E-state index in [1.54, 1.807) is 0 Å². The van der Waals surface area contributed by atoms with Gasteiger partial charge >= 0.3 is 19.8 Å². The molecule has 0 aromatic rings. The molecule has 346 valence electrons. The Hall–Kier alpha value is -2.55. The second kappa shape index (κ2) is 41.8. The van der Waals surface area contributed by atoms with Crippen molar-refractivity contribution in [2.75, 3.05) is 47.5 Å².